The number of benzene rings is 1. The molecule has 1 spiro atoms. The number of nitrogens with one attached hydrogen (secondary N) is 3. The van der Waals surface area contributed by atoms with E-state index in [-0.39, 0.29) is 11.6 Å². The highest BCUT2D eigenvalue weighted by Crippen LogP contribution is 2.47. The van der Waals surface area contributed by atoms with Crippen molar-refractivity contribution in [1.29, 1.82) is 0 Å². The molecule has 152 valence electrons. The van der Waals surface area contributed by atoms with Gasteiger partial charge in [0, 0.05) is 30.4 Å². The summed E-state index contributed by atoms with van der Waals surface area (Å²) in [6, 6.07) is 4.12. The van der Waals surface area contributed by atoms with E-state index in [1.54, 1.807) is 6.20 Å². The average Bonchev–Trinajstić information content (AvgIpc) is 3.28. The summed E-state index contributed by atoms with van der Waals surface area (Å²) in [5.41, 5.74) is 3.71. The summed E-state index contributed by atoms with van der Waals surface area (Å²) in [7, 11) is 1.99. The third kappa shape index (κ3) is 3.09. The van der Waals surface area contributed by atoms with Crippen LogP contribution >= 0.6 is 0 Å². The molecule has 0 unspecified atom stereocenters. The lowest BCUT2D eigenvalue weighted by atomic mass is 9.74. The molecular formula is C22H27N5O2. The fraction of sp³-hybridized carbons (Fsp3) is 0.455. The second kappa shape index (κ2) is 6.91. The number of amides is 2. The Morgan fingerprint density at radius 3 is 2.83 bits per heavy atom. The standard InChI is InChI=1S/C22H27N5O2/c1-14-10-15-11-16(12-23-13-17-24-8-9-27(17)2)29-20(15)18-19(14)25-21(28)26-22(18)6-4-3-5-7-22/h8-11,23H,3-7,12-13H2,1-2H3,(H2,25,26,28). The molecule has 3 heterocycles. The largest absolute Gasteiger partial charge is 0.459 e. The topological polar surface area (TPSA) is 84.1 Å². The Bertz CT molecular complexity index is 1070. The number of carbonyl (C=O) groups excluding carboxylic acids is 1. The zero-order valence-electron chi connectivity index (χ0n) is 17.0. The van der Waals surface area contributed by atoms with E-state index >= 15 is 0 Å². The molecule has 29 heavy (non-hydrogen) atoms. The molecule has 2 aliphatic rings. The van der Waals surface area contributed by atoms with E-state index in [9.17, 15) is 4.79 Å². The van der Waals surface area contributed by atoms with Gasteiger partial charge in [-0.1, -0.05) is 19.3 Å². The second-order valence-electron chi connectivity index (χ2n) is 8.35. The lowest BCUT2D eigenvalue weighted by molar-refractivity contribution is 0.208. The average molecular weight is 393 g/mol. The minimum Gasteiger partial charge on any atom is -0.459 e. The lowest BCUT2D eigenvalue weighted by Crippen LogP contribution is -2.52. The molecule has 7 heteroatoms. The normalized spacial score (nSPS) is 17.9. The SMILES string of the molecule is Cc1cc2cc(CNCc3nccn3C)oc2c2c1NC(=O)NC21CCCCC1. The molecule has 2 amide bonds. The molecule has 1 aliphatic carbocycles. The number of nitrogens with zero attached hydrogens (tertiary/aromatic N) is 2. The zero-order chi connectivity index (χ0) is 20.0. The van der Waals surface area contributed by atoms with Crippen molar-refractivity contribution in [3.05, 3.63) is 47.2 Å². The molecule has 1 fully saturated rings. The fourth-order valence-corrected chi connectivity index (χ4v) is 4.90. The van der Waals surface area contributed by atoms with Gasteiger partial charge in [0.2, 0.25) is 0 Å². The van der Waals surface area contributed by atoms with Gasteiger partial charge in [-0.05, 0) is 37.5 Å². The molecule has 3 aromatic rings. The van der Waals surface area contributed by atoms with Crippen molar-refractivity contribution in [3.8, 4) is 0 Å². The van der Waals surface area contributed by atoms with Gasteiger partial charge in [0.1, 0.15) is 17.2 Å². The number of urea groups is 1. The molecule has 7 nitrogen and oxygen atoms in total. The van der Waals surface area contributed by atoms with Crippen LogP contribution in [0.2, 0.25) is 0 Å². The number of furan rings is 1. The van der Waals surface area contributed by atoms with Crippen molar-refractivity contribution in [3.63, 3.8) is 0 Å². The van der Waals surface area contributed by atoms with Crippen LogP contribution in [0.1, 0.15) is 54.8 Å². The molecular weight excluding hydrogens is 366 g/mol. The van der Waals surface area contributed by atoms with Gasteiger partial charge in [-0.25, -0.2) is 9.78 Å². The summed E-state index contributed by atoms with van der Waals surface area (Å²) in [4.78, 5) is 16.7. The van der Waals surface area contributed by atoms with E-state index in [4.69, 9.17) is 4.42 Å². The number of hydrogen-bond donors (Lipinski definition) is 3. The van der Waals surface area contributed by atoms with Crippen LogP contribution in [-0.4, -0.2) is 15.6 Å². The van der Waals surface area contributed by atoms with E-state index in [1.807, 2.05) is 17.8 Å². The molecule has 0 radical (unpaired) electrons. The number of aryl methyl sites for hydroxylation is 2. The smallest absolute Gasteiger partial charge is 0.319 e. The van der Waals surface area contributed by atoms with Crippen LogP contribution in [0.25, 0.3) is 11.0 Å². The van der Waals surface area contributed by atoms with Gasteiger partial charge in [0.25, 0.3) is 0 Å². The molecule has 3 N–H and O–H groups in total. The summed E-state index contributed by atoms with van der Waals surface area (Å²) >= 11 is 0. The first kappa shape index (κ1) is 18.2. The molecule has 1 aliphatic heterocycles. The van der Waals surface area contributed by atoms with Gasteiger partial charge in [0.05, 0.1) is 24.3 Å². The minimum atomic E-state index is -0.324. The van der Waals surface area contributed by atoms with Gasteiger partial charge in [-0.3, -0.25) is 0 Å². The fourth-order valence-electron chi connectivity index (χ4n) is 4.90. The van der Waals surface area contributed by atoms with Crippen molar-refractivity contribution >= 4 is 22.7 Å². The van der Waals surface area contributed by atoms with E-state index < -0.39 is 0 Å². The quantitative estimate of drug-likeness (QED) is 0.624. The van der Waals surface area contributed by atoms with Crippen molar-refractivity contribution in [1.82, 2.24) is 20.2 Å². The van der Waals surface area contributed by atoms with E-state index in [2.05, 4.69) is 40.0 Å². The van der Waals surface area contributed by atoms with Crippen LogP contribution in [0.15, 0.2) is 28.9 Å². The highest BCUT2D eigenvalue weighted by Gasteiger charge is 2.43. The van der Waals surface area contributed by atoms with Crippen LogP contribution in [0.4, 0.5) is 10.5 Å². The predicted molar refractivity (Wildman–Crippen MR) is 112 cm³/mol. The Morgan fingerprint density at radius 2 is 2.07 bits per heavy atom. The Labute approximate surface area is 169 Å². The molecule has 0 bridgehead atoms. The third-order valence-electron chi connectivity index (χ3n) is 6.34. The first-order chi connectivity index (χ1) is 14.1. The predicted octanol–water partition coefficient (Wildman–Crippen LogP) is 4.06. The molecule has 0 saturated heterocycles. The molecule has 1 aromatic carbocycles. The van der Waals surface area contributed by atoms with Crippen molar-refractivity contribution < 1.29 is 9.21 Å². The van der Waals surface area contributed by atoms with Crippen molar-refractivity contribution in [2.24, 2.45) is 7.05 Å². The zero-order valence-corrected chi connectivity index (χ0v) is 17.0. The van der Waals surface area contributed by atoms with Gasteiger partial charge in [-0.2, -0.15) is 0 Å². The second-order valence-corrected chi connectivity index (χ2v) is 8.35. The highest BCUT2D eigenvalue weighted by molar-refractivity contribution is 6.00. The highest BCUT2D eigenvalue weighted by atomic mass is 16.3. The Kier molecular flexibility index (Phi) is 4.35. The maximum Gasteiger partial charge on any atom is 0.319 e. The lowest BCUT2D eigenvalue weighted by Gasteiger charge is -2.43. The number of carbonyl (C=O) groups is 1. The van der Waals surface area contributed by atoms with Crippen LogP contribution in [0, 0.1) is 6.92 Å². The molecule has 1 saturated carbocycles. The summed E-state index contributed by atoms with van der Waals surface area (Å²) in [6.07, 6.45) is 9.12. The number of rotatable bonds is 4. The van der Waals surface area contributed by atoms with E-state index in [0.717, 1.165) is 65.1 Å². The number of aromatic nitrogens is 2. The Balaban J connectivity index is 1.50. The maximum absolute atomic E-state index is 12.4. The van der Waals surface area contributed by atoms with Crippen molar-refractivity contribution in [2.75, 3.05) is 5.32 Å². The van der Waals surface area contributed by atoms with E-state index in [0.29, 0.717) is 13.1 Å². The van der Waals surface area contributed by atoms with Crippen LogP contribution in [0.3, 0.4) is 0 Å². The summed E-state index contributed by atoms with van der Waals surface area (Å²) in [5, 5.41) is 10.8. The van der Waals surface area contributed by atoms with Gasteiger partial charge in [0.15, 0.2) is 0 Å². The maximum atomic E-state index is 12.4. The summed E-state index contributed by atoms with van der Waals surface area (Å²) < 4.78 is 8.36. The number of fused-ring (bicyclic) bond motifs is 4. The van der Waals surface area contributed by atoms with Crippen LogP contribution in [-0.2, 0) is 25.7 Å². The first-order valence-electron chi connectivity index (χ1n) is 10.4. The van der Waals surface area contributed by atoms with Gasteiger partial charge < -0.3 is 24.9 Å². The minimum absolute atomic E-state index is 0.106. The Morgan fingerprint density at radius 1 is 1.24 bits per heavy atom. The number of anilines is 1. The van der Waals surface area contributed by atoms with E-state index in [1.165, 1.54) is 6.42 Å². The van der Waals surface area contributed by atoms with Gasteiger partial charge >= 0.3 is 6.03 Å². The summed E-state index contributed by atoms with van der Waals surface area (Å²) in [5.74, 6) is 1.88. The van der Waals surface area contributed by atoms with Crippen LogP contribution < -0.4 is 16.0 Å². The molecule has 5 rings (SSSR count). The third-order valence-corrected chi connectivity index (χ3v) is 6.34. The summed E-state index contributed by atoms with van der Waals surface area (Å²) in [6.45, 7) is 3.37. The monoisotopic (exact) mass is 393 g/mol. The van der Waals surface area contributed by atoms with Gasteiger partial charge in [-0.15, -0.1) is 0 Å². The first-order valence-corrected chi connectivity index (χ1v) is 10.4. The van der Waals surface area contributed by atoms with Crippen LogP contribution in [0.5, 0.6) is 0 Å². The Hall–Kier alpha value is -2.80. The molecule has 2 aromatic heterocycles. The number of imidazole rings is 1. The van der Waals surface area contributed by atoms with Crippen molar-refractivity contribution in [2.45, 2.75) is 57.7 Å². The number of hydrogen-bond acceptors (Lipinski definition) is 4. The molecule has 0 atom stereocenters.